The zero-order valence-electron chi connectivity index (χ0n) is 18.4. The number of anilines is 1. The van der Waals surface area contributed by atoms with Gasteiger partial charge in [-0.25, -0.2) is 0 Å². The molecule has 1 heterocycles. The van der Waals surface area contributed by atoms with Gasteiger partial charge in [0.05, 0.1) is 32.6 Å². The fourth-order valence-corrected chi connectivity index (χ4v) is 3.07. The molecule has 0 aliphatic rings. The molecule has 0 atom stereocenters. The van der Waals surface area contributed by atoms with Crippen molar-refractivity contribution in [2.45, 2.75) is 26.7 Å². The largest absolute Gasteiger partial charge is 0.493 e. The third kappa shape index (κ3) is 5.14. The summed E-state index contributed by atoms with van der Waals surface area (Å²) < 4.78 is 21.7. The molecule has 0 unspecified atom stereocenters. The third-order valence-corrected chi connectivity index (χ3v) is 4.73. The van der Waals surface area contributed by atoms with Gasteiger partial charge in [0.1, 0.15) is 0 Å². The number of methoxy groups -OCH3 is 3. The van der Waals surface area contributed by atoms with Crippen molar-refractivity contribution < 1.29 is 23.5 Å². The average Bonchev–Trinajstić information content (AvgIpc) is 3.27. The molecule has 1 N–H and O–H groups in total. The summed E-state index contributed by atoms with van der Waals surface area (Å²) in [5.41, 5.74) is 1.91. The normalized spacial score (nSPS) is 10.8. The Kier molecular flexibility index (Phi) is 7.12. The predicted molar refractivity (Wildman–Crippen MR) is 118 cm³/mol. The summed E-state index contributed by atoms with van der Waals surface area (Å²) in [6.45, 7) is 4.18. The van der Waals surface area contributed by atoms with Gasteiger partial charge in [0.25, 0.3) is 5.89 Å². The molecule has 31 heavy (non-hydrogen) atoms. The lowest BCUT2D eigenvalue weighted by Crippen LogP contribution is -2.12. The molecular weight excluding hydrogens is 398 g/mol. The van der Waals surface area contributed by atoms with Crippen molar-refractivity contribution in [2.24, 2.45) is 5.92 Å². The van der Waals surface area contributed by atoms with Gasteiger partial charge in [-0.2, -0.15) is 4.98 Å². The molecule has 8 heteroatoms. The van der Waals surface area contributed by atoms with Crippen LogP contribution in [-0.2, 0) is 4.79 Å². The molecule has 0 aliphatic heterocycles. The first-order valence-corrected chi connectivity index (χ1v) is 10.00. The second-order valence-electron chi connectivity index (χ2n) is 7.36. The Hall–Kier alpha value is -3.55. The monoisotopic (exact) mass is 425 g/mol. The fraction of sp³-hybridized carbons (Fsp3) is 0.348. The number of hydrogen-bond donors (Lipinski definition) is 1. The summed E-state index contributed by atoms with van der Waals surface area (Å²) in [6.07, 6.45) is 1.27. The van der Waals surface area contributed by atoms with Gasteiger partial charge in [0.15, 0.2) is 11.5 Å². The Bertz CT molecular complexity index is 1020. The second kappa shape index (κ2) is 9.97. The van der Waals surface area contributed by atoms with Gasteiger partial charge in [-0.3, -0.25) is 4.79 Å². The van der Waals surface area contributed by atoms with Gasteiger partial charge in [-0.15, -0.1) is 0 Å². The van der Waals surface area contributed by atoms with E-state index in [0.29, 0.717) is 58.1 Å². The molecule has 164 valence electrons. The number of para-hydroxylation sites is 1. The summed E-state index contributed by atoms with van der Waals surface area (Å²) in [7, 11) is 4.63. The van der Waals surface area contributed by atoms with E-state index >= 15 is 0 Å². The van der Waals surface area contributed by atoms with Gasteiger partial charge < -0.3 is 24.1 Å². The number of amides is 1. The van der Waals surface area contributed by atoms with Crippen LogP contribution in [0.3, 0.4) is 0 Å². The number of rotatable bonds is 9. The molecule has 0 spiro atoms. The van der Waals surface area contributed by atoms with E-state index in [1.165, 1.54) is 0 Å². The minimum Gasteiger partial charge on any atom is -0.493 e. The highest BCUT2D eigenvalue weighted by atomic mass is 16.5. The molecule has 1 aromatic heterocycles. The molecule has 0 aliphatic carbocycles. The molecule has 0 bridgehead atoms. The number of aromatic nitrogens is 2. The first-order chi connectivity index (χ1) is 15.0. The zero-order valence-corrected chi connectivity index (χ0v) is 18.4. The number of hydrogen-bond acceptors (Lipinski definition) is 7. The van der Waals surface area contributed by atoms with Crippen LogP contribution in [0.1, 0.15) is 26.7 Å². The maximum atomic E-state index is 12.3. The van der Waals surface area contributed by atoms with Crippen LogP contribution in [0.15, 0.2) is 40.9 Å². The van der Waals surface area contributed by atoms with Crippen molar-refractivity contribution in [3.05, 3.63) is 36.4 Å². The molecule has 0 radical (unpaired) electrons. The zero-order chi connectivity index (χ0) is 22.4. The number of carbonyl (C=O) groups is 1. The van der Waals surface area contributed by atoms with Crippen LogP contribution in [-0.4, -0.2) is 37.4 Å². The van der Waals surface area contributed by atoms with Crippen molar-refractivity contribution in [1.29, 1.82) is 0 Å². The number of nitrogens with one attached hydrogen (secondary N) is 1. The summed E-state index contributed by atoms with van der Waals surface area (Å²) >= 11 is 0. The van der Waals surface area contributed by atoms with E-state index in [2.05, 4.69) is 29.3 Å². The molecule has 3 rings (SSSR count). The summed E-state index contributed by atoms with van der Waals surface area (Å²) in [5, 5.41) is 7.04. The Morgan fingerprint density at radius 2 is 1.74 bits per heavy atom. The van der Waals surface area contributed by atoms with Crippen molar-refractivity contribution in [3.63, 3.8) is 0 Å². The Morgan fingerprint density at radius 1 is 1.06 bits per heavy atom. The Morgan fingerprint density at radius 3 is 2.35 bits per heavy atom. The Labute approximate surface area is 181 Å². The maximum absolute atomic E-state index is 12.3. The van der Waals surface area contributed by atoms with Crippen LogP contribution in [0.2, 0.25) is 0 Å². The summed E-state index contributed by atoms with van der Waals surface area (Å²) in [4.78, 5) is 16.8. The summed E-state index contributed by atoms with van der Waals surface area (Å²) in [6, 6.07) is 10.8. The van der Waals surface area contributed by atoms with Crippen molar-refractivity contribution in [2.75, 3.05) is 26.6 Å². The van der Waals surface area contributed by atoms with Gasteiger partial charge in [0, 0.05) is 12.0 Å². The smallest absolute Gasteiger partial charge is 0.260 e. The number of benzene rings is 2. The van der Waals surface area contributed by atoms with E-state index < -0.39 is 0 Å². The van der Waals surface area contributed by atoms with Crippen LogP contribution in [0, 0.1) is 5.92 Å². The highest BCUT2D eigenvalue weighted by molar-refractivity contribution is 5.94. The predicted octanol–water partition coefficient (Wildman–Crippen LogP) is 4.80. The number of ether oxygens (including phenoxy) is 3. The Balaban J connectivity index is 1.91. The van der Waals surface area contributed by atoms with Crippen LogP contribution in [0.25, 0.3) is 22.8 Å². The lowest BCUT2D eigenvalue weighted by molar-refractivity contribution is -0.116. The van der Waals surface area contributed by atoms with Gasteiger partial charge >= 0.3 is 0 Å². The van der Waals surface area contributed by atoms with Gasteiger partial charge in [-0.05, 0) is 36.6 Å². The van der Waals surface area contributed by atoms with Crippen molar-refractivity contribution in [1.82, 2.24) is 10.1 Å². The number of nitrogens with zero attached hydrogens (tertiary/aromatic N) is 2. The molecule has 0 saturated heterocycles. The molecular formula is C23H27N3O5. The molecule has 1 amide bonds. The topological polar surface area (TPSA) is 95.7 Å². The first-order valence-electron chi connectivity index (χ1n) is 10.00. The first kappa shape index (κ1) is 22.1. The van der Waals surface area contributed by atoms with Crippen LogP contribution >= 0.6 is 0 Å². The number of carbonyl (C=O) groups excluding carboxylic acids is 1. The van der Waals surface area contributed by atoms with Crippen molar-refractivity contribution >= 4 is 11.6 Å². The standard InChI is InChI=1S/C23H27N3O5/c1-14(2)10-11-20(27)24-17-9-7-6-8-16(17)23-25-22(26-31-23)15-12-18(28-3)21(30-5)19(13-15)29-4/h6-9,12-14H,10-11H2,1-5H3,(H,24,27). The lowest BCUT2D eigenvalue weighted by atomic mass is 10.1. The third-order valence-electron chi connectivity index (χ3n) is 4.73. The van der Waals surface area contributed by atoms with Crippen LogP contribution < -0.4 is 19.5 Å². The van der Waals surface area contributed by atoms with E-state index in [1.54, 1.807) is 33.5 Å². The molecule has 2 aromatic carbocycles. The fourth-order valence-electron chi connectivity index (χ4n) is 3.07. The van der Waals surface area contributed by atoms with Crippen LogP contribution in [0.4, 0.5) is 5.69 Å². The van der Waals surface area contributed by atoms with Crippen molar-refractivity contribution in [3.8, 4) is 40.1 Å². The van der Waals surface area contributed by atoms with E-state index in [9.17, 15) is 4.79 Å². The van der Waals surface area contributed by atoms with E-state index in [0.717, 1.165) is 6.42 Å². The summed E-state index contributed by atoms with van der Waals surface area (Å²) in [5.74, 6) is 2.51. The highest BCUT2D eigenvalue weighted by Gasteiger charge is 2.19. The molecule has 3 aromatic rings. The molecule has 8 nitrogen and oxygen atoms in total. The average molecular weight is 425 g/mol. The minimum atomic E-state index is -0.0504. The van der Waals surface area contributed by atoms with Gasteiger partial charge in [0.2, 0.25) is 17.5 Å². The van der Waals surface area contributed by atoms with E-state index in [4.69, 9.17) is 18.7 Å². The second-order valence-corrected chi connectivity index (χ2v) is 7.36. The van der Waals surface area contributed by atoms with Gasteiger partial charge in [-0.1, -0.05) is 31.1 Å². The molecule has 0 fully saturated rings. The minimum absolute atomic E-state index is 0.0504. The van der Waals surface area contributed by atoms with Crippen LogP contribution in [0.5, 0.6) is 17.2 Å². The highest BCUT2D eigenvalue weighted by Crippen LogP contribution is 2.41. The SMILES string of the molecule is COc1cc(-c2noc(-c3ccccc3NC(=O)CCC(C)C)n2)cc(OC)c1OC. The quantitative estimate of drug-likeness (QED) is 0.526. The molecule has 0 saturated carbocycles. The van der Waals surface area contributed by atoms with E-state index in [1.807, 2.05) is 24.3 Å². The lowest BCUT2D eigenvalue weighted by Gasteiger charge is -2.12. The maximum Gasteiger partial charge on any atom is 0.260 e. The van der Waals surface area contributed by atoms with E-state index in [-0.39, 0.29) is 5.91 Å².